The SMILES string of the molecule is Cl.N[C@@H]1CCCN(C(=O)c2cccc(Cl)c2F)C1. The number of nitrogens with zero attached hydrogens (tertiary/aromatic N) is 1. The van der Waals surface area contributed by atoms with Gasteiger partial charge in [0.1, 0.15) is 0 Å². The van der Waals surface area contributed by atoms with Crippen molar-refractivity contribution in [2.24, 2.45) is 5.73 Å². The Kier molecular flexibility index (Phi) is 5.38. The van der Waals surface area contributed by atoms with E-state index in [1.807, 2.05) is 0 Å². The molecule has 0 radical (unpaired) electrons. The van der Waals surface area contributed by atoms with E-state index in [-0.39, 0.29) is 34.9 Å². The van der Waals surface area contributed by atoms with Crippen molar-refractivity contribution in [1.82, 2.24) is 4.90 Å². The highest BCUT2D eigenvalue weighted by molar-refractivity contribution is 6.31. The van der Waals surface area contributed by atoms with E-state index in [1.165, 1.54) is 12.1 Å². The molecule has 1 amide bonds. The molecule has 1 aromatic carbocycles. The third kappa shape index (κ3) is 3.13. The average Bonchev–Trinajstić information content (AvgIpc) is 2.32. The van der Waals surface area contributed by atoms with Gasteiger partial charge in [-0.3, -0.25) is 4.79 Å². The summed E-state index contributed by atoms with van der Waals surface area (Å²) in [5.41, 5.74) is 5.82. The van der Waals surface area contributed by atoms with E-state index in [4.69, 9.17) is 17.3 Å². The summed E-state index contributed by atoms with van der Waals surface area (Å²) in [5.74, 6) is -0.988. The fourth-order valence-electron chi connectivity index (χ4n) is 2.03. The second-order valence-electron chi connectivity index (χ2n) is 4.25. The van der Waals surface area contributed by atoms with Gasteiger partial charge in [-0.05, 0) is 25.0 Å². The minimum Gasteiger partial charge on any atom is -0.337 e. The molecule has 2 N–H and O–H groups in total. The number of likely N-dealkylation sites (tertiary alicyclic amines) is 1. The Balaban J connectivity index is 0.00000162. The standard InChI is InChI=1S/C12H14ClFN2O.ClH/c13-10-5-1-4-9(11(10)14)12(17)16-6-2-3-8(15)7-16;/h1,4-5,8H,2-3,6-7,15H2;1H/t8-;/m1./s1. The zero-order valence-electron chi connectivity index (χ0n) is 9.73. The van der Waals surface area contributed by atoms with E-state index in [1.54, 1.807) is 11.0 Å². The number of nitrogens with two attached hydrogens (primary N) is 1. The first-order chi connectivity index (χ1) is 8.09. The molecule has 6 heteroatoms. The molecule has 1 aromatic rings. The zero-order chi connectivity index (χ0) is 12.4. The normalized spacial score (nSPS) is 19.3. The molecule has 2 rings (SSSR count). The Bertz CT molecular complexity index is 442. The number of amides is 1. The number of hydrogen-bond donors (Lipinski definition) is 1. The predicted molar refractivity (Wildman–Crippen MR) is 71.8 cm³/mol. The maximum absolute atomic E-state index is 13.7. The molecule has 1 fully saturated rings. The van der Waals surface area contributed by atoms with Gasteiger partial charge in [0.2, 0.25) is 0 Å². The molecule has 0 saturated carbocycles. The van der Waals surface area contributed by atoms with Crippen molar-refractivity contribution in [1.29, 1.82) is 0 Å². The first-order valence-corrected chi connectivity index (χ1v) is 5.96. The van der Waals surface area contributed by atoms with Gasteiger partial charge in [-0.1, -0.05) is 17.7 Å². The van der Waals surface area contributed by atoms with E-state index in [0.29, 0.717) is 13.1 Å². The third-order valence-electron chi connectivity index (χ3n) is 2.93. The van der Waals surface area contributed by atoms with Crippen LogP contribution in [0.15, 0.2) is 18.2 Å². The average molecular weight is 293 g/mol. The lowest BCUT2D eigenvalue weighted by Crippen LogP contribution is -2.45. The van der Waals surface area contributed by atoms with Crippen molar-refractivity contribution in [2.75, 3.05) is 13.1 Å². The highest BCUT2D eigenvalue weighted by atomic mass is 35.5. The number of piperidine rings is 1. The quantitative estimate of drug-likeness (QED) is 0.864. The van der Waals surface area contributed by atoms with Crippen LogP contribution >= 0.6 is 24.0 Å². The Morgan fingerprint density at radius 2 is 2.22 bits per heavy atom. The van der Waals surface area contributed by atoms with Gasteiger partial charge in [-0.2, -0.15) is 0 Å². The van der Waals surface area contributed by atoms with E-state index < -0.39 is 5.82 Å². The molecule has 0 bridgehead atoms. The molecule has 18 heavy (non-hydrogen) atoms. The third-order valence-corrected chi connectivity index (χ3v) is 3.22. The summed E-state index contributed by atoms with van der Waals surface area (Å²) in [6, 6.07) is 4.43. The number of rotatable bonds is 1. The topological polar surface area (TPSA) is 46.3 Å². The van der Waals surface area contributed by atoms with Gasteiger partial charge in [0.25, 0.3) is 5.91 Å². The van der Waals surface area contributed by atoms with Gasteiger partial charge < -0.3 is 10.6 Å². The number of carbonyl (C=O) groups is 1. The molecular formula is C12H15Cl2FN2O. The summed E-state index contributed by atoms with van der Waals surface area (Å²) in [4.78, 5) is 13.7. The molecule has 1 aliphatic rings. The summed E-state index contributed by atoms with van der Waals surface area (Å²) >= 11 is 5.66. The smallest absolute Gasteiger partial charge is 0.256 e. The van der Waals surface area contributed by atoms with Crippen molar-refractivity contribution >= 4 is 29.9 Å². The second-order valence-corrected chi connectivity index (χ2v) is 4.66. The largest absolute Gasteiger partial charge is 0.337 e. The van der Waals surface area contributed by atoms with Crippen LogP contribution in [0.5, 0.6) is 0 Å². The molecule has 0 aliphatic carbocycles. The van der Waals surface area contributed by atoms with Crippen LogP contribution in [0.3, 0.4) is 0 Å². The number of carbonyl (C=O) groups excluding carboxylic acids is 1. The number of hydrogen-bond acceptors (Lipinski definition) is 2. The summed E-state index contributed by atoms with van der Waals surface area (Å²) in [7, 11) is 0. The predicted octanol–water partition coefficient (Wildman–Crippen LogP) is 2.46. The van der Waals surface area contributed by atoms with Gasteiger partial charge in [0.15, 0.2) is 5.82 Å². The molecule has 0 spiro atoms. The molecule has 0 aromatic heterocycles. The van der Waals surface area contributed by atoms with Crippen molar-refractivity contribution in [3.05, 3.63) is 34.6 Å². The van der Waals surface area contributed by atoms with Crippen LogP contribution in [-0.4, -0.2) is 29.9 Å². The van der Waals surface area contributed by atoms with Crippen LogP contribution in [0.25, 0.3) is 0 Å². The Morgan fingerprint density at radius 3 is 2.89 bits per heavy atom. The highest BCUT2D eigenvalue weighted by Gasteiger charge is 2.24. The lowest BCUT2D eigenvalue weighted by Gasteiger charge is -2.30. The summed E-state index contributed by atoms with van der Waals surface area (Å²) in [6.45, 7) is 1.10. The summed E-state index contributed by atoms with van der Waals surface area (Å²) < 4.78 is 13.7. The minimum atomic E-state index is -0.654. The van der Waals surface area contributed by atoms with Crippen molar-refractivity contribution in [3.8, 4) is 0 Å². The van der Waals surface area contributed by atoms with Crippen molar-refractivity contribution in [3.63, 3.8) is 0 Å². The molecule has 100 valence electrons. The van der Waals surface area contributed by atoms with Crippen molar-refractivity contribution < 1.29 is 9.18 Å². The summed E-state index contributed by atoms with van der Waals surface area (Å²) in [6.07, 6.45) is 1.76. The molecule has 1 atom stereocenters. The lowest BCUT2D eigenvalue weighted by atomic mass is 10.1. The molecule has 1 aliphatic heterocycles. The maximum Gasteiger partial charge on any atom is 0.256 e. The van der Waals surface area contributed by atoms with E-state index in [2.05, 4.69) is 0 Å². The molecule has 3 nitrogen and oxygen atoms in total. The van der Waals surface area contributed by atoms with E-state index >= 15 is 0 Å². The lowest BCUT2D eigenvalue weighted by molar-refractivity contribution is 0.0704. The van der Waals surface area contributed by atoms with Crippen LogP contribution in [0, 0.1) is 5.82 Å². The second kappa shape index (κ2) is 6.36. The van der Waals surface area contributed by atoms with Gasteiger partial charge in [0.05, 0.1) is 10.6 Å². The van der Waals surface area contributed by atoms with Gasteiger partial charge in [-0.15, -0.1) is 12.4 Å². The van der Waals surface area contributed by atoms with E-state index in [0.717, 1.165) is 12.8 Å². The number of halogens is 3. The first-order valence-electron chi connectivity index (χ1n) is 5.58. The van der Waals surface area contributed by atoms with Crippen LogP contribution in [-0.2, 0) is 0 Å². The molecule has 0 unspecified atom stereocenters. The van der Waals surface area contributed by atoms with Gasteiger partial charge in [-0.25, -0.2) is 4.39 Å². The van der Waals surface area contributed by atoms with Gasteiger partial charge in [0, 0.05) is 19.1 Å². The molecular weight excluding hydrogens is 278 g/mol. The monoisotopic (exact) mass is 292 g/mol. The molecule has 1 heterocycles. The molecule has 1 saturated heterocycles. The van der Waals surface area contributed by atoms with Crippen molar-refractivity contribution in [2.45, 2.75) is 18.9 Å². The highest BCUT2D eigenvalue weighted by Crippen LogP contribution is 2.20. The van der Waals surface area contributed by atoms with Gasteiger partial charge >= 0.3 is 0 Å². The minimum absolute atomic E-state index is 0. The Labute approximate surface area is 116 Å². The maximum atomic E-state index is 13.7. The van der Waals surface area contributed by atoms with Crippen LogP contribution in [0.4, 0.5) is 4.39 Å². The van der Waals surface area contributed by atoms with E-state index in [9.17, 15) is 9.18 Å². The van der Waals surface area contributed by atoms with Crippen LogP contribution < -0.4 is 5.73 Å². The van der Waals surface area contributed by atoms with Crippen LogP contribution in [0.1, 0.15) is 23.2 Å². The number of benzene rings is 1. The summed E-state index contributed by atoms with van der Waals surface area (Å²) in [5, 5.41) is -0.0304. The Hall–Kier alpha value is -0.840. The zero-order valence-corrected chi connectivity index (χ0v) is 11.3. The fraction of sp³-hybridized carbons (Fsp3) is 0.417. The first kappa shape index (κ1) is 15.2. The Morgan fingerprint density at radius 1 is 1.50 bits per heavy atom. The fourth-order valence-corrected chi connectivity index (χ4v) is 2.21. The van der Waals surface area contributed by atoms with Crippen LogP contribution in [0.2, 0.25) is 5.02 Å².